The number of aliphatic hydroxyl groups excluding tert-OH is 1. The van der Waals surface area contributed by atoms with Crippen LogP contribution in [0, 0.1) is 5.92 Å². The van der Waals surface area contributed by atoms with Gasteiger partial charge >= 0.3 is 18.2 Å². The number of cyclic esters (lactones) is 1. The van der Waals surface area contributed by atoms with E-state index in [2.05, 4.69) is 21.3 Å². The van der Waals surface area contributed by atoms with Crippen molar-refractivity contribution in [3.63, 3.8) is 0 Å². The second-order valence-corrected chi connectivity index (χ2v) is 11.6. The number of hydrogen-bond acceptors (Lipinski definition) is 10. The monoisotopic (exact) mass is 696 g/mol. The number of carbonyl (C=O) groups is 5. The highest BCUT2D eigenvalue weighted by atomic mass is 16.6. The third-order valence-corrected chi connectivity index (χ3v) is 7.59. The van der Waals surface area contributed by atoms with Crippen molar-refractivity contribution >= 4 is 30.0 Å². The summed E-state index contributed by atoms with van der Waals surface area (Å²) in [4.78, 5) is 63.8. The maximum atomic E-state index is 13.4. The second kappa shape index (κ2) is 23.4. The molecular formula is C36H48N4O10. The number of nitrogens with one attached hydrogen (secondary N) is 4. The second-order valence-electron chi connectivity index (χ2n) is 11.6. The predicted octanol–water partition coefficient (Wildman–Crippen LogP) is 2.89. The molecule has 3 atom stereocenters. The van der Waals surface area contributed by atoms with Crippen LogP contribution in [0.5, 0.6) is 0 Å². The van der Waals surface area contributed by atoms with E-state index in [9.17, 15) is 24.0 Å². The summed E-state index contributed by atoms with van der Waals surface area (Å²) in [5.41, 5.74) is 1.66. The number of hydrogen-bond donors (Lipinski definition) is 5. The SMILES string of the molecule is O=C(CC1CC=CCC(NC(=O)OCc2ccccc2)C(=O)OCC(CCCCNC(=O)OCc2ccccc2)NC1=O)NCCOCCO. The van der Waals surface area contributed by atoms with Crippen molar-refractivity contribution < 1.29 is 48.0 Å². The Hall–Kier alpha value is -4.95. The minimum atomic E-state index is -1.04. The molecule has 2 aromatic rings. The van der Waals surface area contributed by atoms with Crippen molar-refractivity contribution in [2.45, 2.75) is 63.8 Å². The molecule has 1 heterocycles. The zero-order valence-electron chi connectivity index (χ0n) is 28.2. The third kappa shape index (κ3) is 16.4. The van der Waals surface area contributed by atoms with Gasteiger partial charge < -0.3 is 45.3 Å². The Morgan fingerprint density at radius 3 is 2.16 bits per heavy atom. The summed E-state index contributed by atoms with van der Waals surface area (Å²) in [6, 6.07) is 16.8. The van der Waals surface area contributed by atoms with Crippen molar-refractivity contribution in [1.29, 1.82) is 0 Å². The Kier molecular flexibility index (Phi) is 18.5. The molecule has 0 saturated heterocycles. The highest BCUT2D eigenvalue weighted by Gasteiger charge is 2.27. The van der Waals surface area contributed by atoms with E-state index < -0.39 is 36.2 Å². The van der Waals surface area contributed by atoms with Gasteiger partial charge in [0.05, 0.1) is 31.8 Å². The molecule has 3 unspecified atom stereocenters. The lowest BCUT2D eigenvalue weighted by Crippen LogP contribution is -2.46. The zero-order valence-corrected chi connectivity index (χ0v) is 28.2. The van der Waals surface area contributed by atoms with Crippen molar-refractivity contribution in [1.82, 2.24) is 21.3 Å². The Morgan fingerprint density at radius 1 is 0.820 bits per heavy atom. The fourth-order valence-corrected chi connectivity index (χ4v) is 4.90. The van der Waals surface area contributed by atoms with Crippen LogP contribution in [-0.2, 0) is 46.5 Å². The average molecular weight is 697 g/mol. The number of ether oxygens (including phenoxy) is 4. The molecule has 272 valence electrons. The van der Waals surface area contributed by atoms with Gasteiger partial charge in [-0.15, -0.1) is 0 Å². The number of unbranched alkanes of at least 4 members (excludes halogenated alkanes) is 1. The van der Waals surface area contributed by atoms with Gasteiger partial charge in [-0.2, -0.15) is 0 Å². The van der Waals surface area contributed by atoms with Crippen molar-refractivity contribution in [3.05, 3.63) is 83.9 Å². The van der Waals surface area contributed by atoms with Crippen molar-refractivity contribution in [3.8, 4) is 0 Å². The van der Waals surface area contributed by atoms with E-state index in [1.54, 1.807) is 12.2 Å². The topological polar surface area (TPSA) is 191 Å². The minimum absolute atomic E-state index is 0.0231. The van der Waals surface area contributed by atoms with Gasteiger partial charge in [-0.05, 0) is 43.2 Å². The van der Waals surface area contributed by atoms with Crippen LogP contribution >= 0.6 is 0 Å². The normalized spacial score (nSPS) is 18.0. The first-order valence-corrected chi connectivity index (χ1v) is 16.8. The van der Waals surface area contributed by atoms with E-state index in [4.69, 9.17) is 24.1 Å². The van der Waals surface area contributed by atoms with Gasteiger partial charge in [0, 0.05) is 19.5 Å². The Bertz CT molecular complexity index is 1360. The average Bonchev–Trinajstić information content (AvgIpc) is 3.12. The van der Waals surface area contributed by atoms with Crippen LogP contribution in [0.1, 0.15) is 49.7 Å². The largest absolute Gasteiger partial charge is 0.462 e. The van der Waals surface area contributed by atoms with Crippen LogP contribution < -0.4 is 21.3 Å². The van der Waals surface area contributed by atoms with Crippen LogP contribution in [0.2, 0.25) is 0 Å². The molecule has 0 saturated carbocycles. The maximum absolute atomic E-state index is 13.4. The molecule has 1 aliphatic heterocycles. The first kappa shape index (κ1) is 39.5. The standard InChI is InChI=1S/C36H48N4O10/c41-20-22-47-21-19-37-32(42)23-29-15-7-8-17-31(40-36(46)50-25-28-13-5-2-6-14-28)34(44)48-26-30(39-33(29)43)16-9-10-18-38-35(45)49-24-27-11-3-1-4-12-27/h1-8,11-14,29-31,41H,9-10,15-26H2,(H,37,42)(H,38,45)(H,39,43)(H,40,46). The quantitative estimate of drug-likeness (QED) is 0.0712. The lowest BCUT2D eigenvalue weighted by Gasteiger charge is -2.24. The molecule has 2 aromatic carbocycles. The molecule has 0 aromatic heterocycles. The van der Waals surface area contributed by atoms with E-state index in [1.165, 1.54) is 0 Å². The number of benzene rings is 2. The summed E-state index contributed by atoms with van der Waals surface area (Å²) < 4.78 is 21.3. The first-order chi connectivity index (χ1) is 24.3. The van der Waals surface area contributed by atoms with Crippen molar-refractivity contribution in [2.24, 2.45) is 5.92 Å². The molecule has 0 radical (unpaired) electrons. The Morgan fingerprint density at radius 2 is 1.48 bits per heavy atom. The fraction of sp³-hybridized carbons (Fsp3) is 0.472. The summed E-state index contributed by atoms with van der Waals surface area (Å²) in [6.07, 6.45) is 3.75. The predicted molar refractivity (Wildman–Crippen MR) is 182 cm³/mol. The summed E-state index contributed by atoms with van der Waals surface area (Å²) >= 11 is 0. The van der Waals surface area contributed by atoms with Gasteiger partial charge in [-0.25, -0.2) is 14.4 Å². The maximum Gasteiger partial charge on any atom is 0.408 e. The molecule has 14 nitrogen and oxygen atoms in total. The van der Waals surface area contributed by atoms with E-state index in [0.29, 0.717) is 25.8 Å². The molecule has 0 bridgehead atoms. The molecule has 0 spiro atoms. The van der Waals surface area contributed by atoms with Crippen LogP contribution in [-0.4, -0.2) is 86.7 Å². The number of carbonyl (C=O) groups excluding carboxylic acids is 5. The van der Waals surface area contributed by atoms with Gasteiger partial charge in [-0.3, -0.25) is 9.59 Å². The van der Waals surface area contributed by atoms with E-state index in [0.717, 1.165) is 11.1 Å². The van der Waals surface area contributed by atoms with Gasteiger partial charge in [-0.1, -0.05) is 72.8 Å². The first-order valence-electron chi connectivity index (χ1n) is 16.8. The highest BCUT2D eigenvalue weighted by molar-refractivity contribution is 5.86. The smallest absolute Gasteiger partial charge is 0.408 e. The summed E-state index contributed by atoms with van der Waals surface area (Å²) in [7, 11) is 0. The lowest BCUT2D eigenvalue weighted by molar-refractivity contribution is -0.147. The van der Waals surface area contributed by atoms with Crippen LogP contribution in [0.4, 0.5) is 9.59 Å². The third-order valence-electron chi connectivity index (χ3n) is 7.59. The molecule has 50 heavy (non-hydrogen) atoms. The van der Waals surface area contributed by atoms with E-state index in [1.807, 2.05) is 60.7 Å². The van der Waals surface area contributed by atoms with Gasteiger partial charge in [0.15, 0.2) is 0 Å². The lowest BCUT2D eigenvalue weighted by atomic mass is 9.97. The zero-order chi connectivity index (χ0) is 35.8. The van der Waals surface area contributed by atoms with Crippen LogP contribution in [0.3, 0.4) is 0 Å². The summed E-state index contributed by atoms with van der Waals surface area (Å²) in [5, 5.41) is 19.7. The number of rotatable bonds is 17. The van der Waals surface area contributed by atoms with Crippen molar-refractivity contribution in [2.75, 3.05) is 39.5 Å². The fourth-order valence-electron chi connectivity index (χ4n) is 4.90. The van der Waals surface area contributed by atoms with Gasteiger partial charge in [0.1, 0.15) is 25.9 Å². The number of esters is 1. The van der Waals surface area contributed by atoms with Crippen LogP contribution in [0.25, 0.3) is 0 Å². The van der Waals surface area contributed by atoms with Gasteiger partial charge in [0.25, 0.3) is 0 Å². The van der Waals surface area contributed by atoms with E-state index in [-0.39, 0.29) is 77.3 Å². The van der Waals surface area contributed by atoms with Gasteiger partial charge in [0.2, 0.25) is 11.8 Å². The number of allylic oxidation sites excluding steroid dienone is 1. The molecule has 14 heteroatoms. The summed E-state index contributed by atoms with van der Waals surface area (Å²) in [6.45, 7) is 0.823. The molecule has 4 amide bonds. The molecule has 0 fully saturated rings. The van der Waals surface area contributed by atoms with Crippen LogP contribution in [0.15, 0.2) is 72.8 Å². The number of aliphatic hydroxyl groups is 1. The highest BCUT2D eigenvalue weighted by Crippen LogP contribution is 2.15. The number of amides is 4. The van der Waals surface area contributed by atoms with E-state index >= 15 is 0 Å². The summed E-state index contributed by atoms with van der Waals surface area (Å²) in [5.74, 6) is -2.12. The Balaban J connectivity index is 1.57. The molecule has 1 aliphatic rings. The molecule has 5 N–H and O–H groups in total. The number of alkyl carbamates (subject to hydrolysis) is 2. The Labute approximate surface area is 292 Å². The molecular weight excluding hydrogens is 648 g/mol. The minimum Gasteiger partial charge on any atom is -0.462 e. The molecule has 0 aliphatic carbocycles. The molecule has 3 rings (SSSR count).